The number of ether oxygens (including phenoxy) is 6. The number of amides is 2. The SMILES string of the molecule is N#C[C@@H]1CCCN1C(=O)CNC12CC3CC(C1)CC(OCCOCCc1cc([N+](=O)[O-])ccc1OC(=O)Oc1ccc([N+](=O)[O-])cc1CCOCCOC14CC5CC(CC(NCC(=O)N6CCC[C@H]6C#N)(C5)C1)C4)(C3)C2. The summed E-state index contributed by atoms with van der Waals surface area (Å²) in [6.07, 6.45) is 14.1. The number of rotatable bonds is 24. The zero-order valence-corrected chi connectivity index (χ0v) is 43.2. The highest BCUT2D eigenvalue weighted by Gasteiger charge is 2.60. The molecule has 21 heteroatoms. The van der Waals surface area contributed by atoms with Crippen molar-refractivity contribution in [2.75, 3.05) is 65.8 Å². The molecule has 6 atom stereocenters. The lowest BCUT2D eigenvalue weighted by molar-refractivity contribution is -0.385. The van der Waals surface area contributed by atoms with Crippen LogP contribution in [0.1, 0.15) is 114 Å². The van der Waals surface area contributed by atoms with Crippen LogP contribution in [0.2, 0.25) is 0 Å². The number of nitriles is 2. The number of hydrogen-bond donors (Lipinski definition) is 2. The summed E-state index contributed by atoms with van der Waals surface area (Å²) in [5, 5.41) is 49.9. The maximum atomic E-state index is 13.4. The van der Waals surface area contributed by atoms with Crippen LogP contribution in [0.4, 0.5) is 16.2 Å². The minimum atomic E-state index is -1.14. The number of nitro benzene ring substituents is 2. The third kappa shape index (κ3) is 12.0. The summed E-state index contributed by atoms with van der Waals surface area (Å²) in [4.78, 5) is 65.5. The zero-order valence-electron chi connectivity index (χ0n) is 43.2. The predicted molar refractivity (Wildman–Crippen MR) is 271 cm³/mol. The lowest BCUT2D eigenvalue weighted by Gasteiger charge is -2.62. The first-order chi connectivity index (χ1) is 36.7. The Hall–Kier alpha value is -5.81. The van der Waals surface area contributed by atoms with Crippen LogP contribution in [-0.4, -0.2) is 138 Å². The smallest absolute Gasteiger partial charge is 0.394 e. The van der Waals surface area contributed by atoms with Gasteiger partial charge in [0.05, 0.1) is 85.9 Å². The van der Waals surface area contributed by atoms with Gasteiger partial charge < -0.3 is 48.9 Å². The van der Waals surface area contributed by atoms with Gasteiger partial charge in [-0.25, -0.2) is 4.79 Å². The van der Waals surface area contributed by atoms with E-state index in [1.165, 1.54) is 36.4 Å². The molecule has 8 bridgehead atoms. The third-order valence-corrected chi connectivity index (χ3v) is 17.9. The predicted octanol–water partition coefficient (Wildman–Crippen LogP) is 6.62. The molecular weight excluding hydrogens is 981 g/mol. The number of likely N-dealkylation sites (tertiary alicyclic amines) is 2. The van der Waals surface area contributed by atoms with Gasteiger partial charge >= 0.3 is 6.16 Å². The monoisotopic (exact) mass is 1050 g/mol. The van der Waals surface area contributed by atoms with Crippen LogP contribution in [0.5, 0.6) is 11.5 Å². The van der Waals surface area contributed by atoms with Crippen molar-refractivity contribution in [1.29, 1.82) is 10.5 Å². The van der Waals surface area contributed by atoms with Crippen molar-refractivity contribution in [3.8, 4) is 23.6 Å². The van der Waals surface area contributed by atoms with Gasteiger partial charge in [0.25, 0.3) is 11.4 Å². The second-order valence-corrected chi connectivity index (χ2v) is 23.3. The molecular formula is C55H70N8O13. The molecule has 10 aliphatic rings. The van der Waals surface area contributed by atoms with Crippen LogP contribution in [0.15, 0.2) is 36.4 Å². The van der Waals surface area contributed by atoms with E-state index in [0.717, 1.165) is 103 Å². The van der Waals surface area contributed by atoms with Crippen molar-refractivity contribution >= 4 is 29.3 Å². The van der Waals surface area contributed by atoms with Crippen LogP contribution < -0.4 is 20.1 Å². The zero-order chi connectivity index (χ0) is 53.1. The van der Waals surface area contributed by atoms with Gasteiger partial charge in [-0.3, -0.25) is 29.8 Å². The molecule has 76 heavy (non-hydrogen) atoms. The molecule has 8 saturated carbocycles. The number of carbonyl (C=O) groups is 3. The van der Waals surface area contributed by atoms with Crippen molar-refractivity contribution < 1.29 is 52.7 Å². The Balaban J connectivity index is 0.682. The van der Waals surface area contributed by atoms with E-state index >= 15 is 0 Å². The average Bonchev–Trinajstić information content (AvgIpc) is 4.14. The van der Waals surface area contributed by atoms with Gasteiger partial charge in [0.15, 0.2) is 0 Å². The Kier molecular flexibility index (Phi) is 16.0. The Morgan fingerprint density at radius 2 is 1.01 bits per heavy atom. The van der Waals surface area contributed by atoms with Gasteiger partial charge in [-0.15, -0.1) is 0 Å². The molecule has 4 unspecified atom stereocenters. The van der Waals surface area contributed by atoms with Gasteiger partial charge in [0, 0.05) is 59.6 Å². The van der Waals surface area contributed by atoms with E-state index in [2.05, 4.69) is 22.8 Å². The molecule has 10 fully saturated rings. The molecule has 2 aliphatic heterocycles. The highest BCUT2D eigenvalue weighted by atomic mass is 16.7. The van der Waals surface area contributed by atoms with Crippen molar-refractivity contribution in [2.24, 2.45) is 23.7 Å². The van der Waals surface area contributed by atoms with Crippen molar-refractivity contribution in [3.05, 3.63) is 67.8 Å². The highest BCUT2D eigenvalue weighted by molar-refractivity contribution is 5.80. The van der Waals surface area contributed by atoms with Gasteiger partial charge in [-0.1, -0.05) is 0 Å². The molecule has 0 aromatic heterocycles. The highest BCUT2D eigenvalue weighted by Crippen LogP contribution is 2.60. The van der Waals surface area contributed by atoms with Gasteiger partial charge in [0.2, 0.25) is 11.8 Å². The lowest BCUT2D eigenvalue weighted by atomic mass is 9.51. The van der Waals surface area contributed by atoms with Gasteiger partial charge in [-0.2, -0.15) is 10.5 Å². The molecule has 8 aliphatic carbocycles. The molecule has 2 N–H and O–H groups in total. The Bertz CT molecular complexity index is 2420. The molecule has 2 aromatic rings. The summed E-state index contributed by atoms with van der Waals surface area (Å²) in [5.74, 6) is 2.03. The standard InChI is InChI=1S/C55H70N8O13/c56-31-45-3-1-11-60(45)49(64)33-58-52-23-37-19-38(24-52)28-54(27-37,35-52)73-17-15-71-13-9-41-21-43(62(67)68)5-7-47(41)75-51(66)76-48-8-6-44(63(69)70)22-42(48)10-14-72-16-18-74-55-29-39-20-40(30-55)26-53(25-39,36-55)59-34-50(65)61-12-2-4-46(61)32-57/h5-8,21-22,37-40,45-46,58-59H,1-4,9-20,23-30,33-36H2/t37?,38?,39?,40?,45-,46-,52?,53?,54?,55?/m0/s1. The van der Waals surface area contributed by atoms with E-state index in [4.69, 9.17) is 28.4 Å². The van der Waals surface area contributed by atoms with Crippen molar-refractivity contribution in [1.82, 2.24) is 20.4 Å². The molecule has 408 valence electrons. The molecule has 2 saturated heterocycles. The Morgan fingerprint density at radius 1 is 0.605 bits per heavy atom. The van der Waals surface area contributed by atoms with Gasteiger partial charge in [0.1, 0.15) is 23.6 Å². The number of nitro groups is 2. The Labute approximate surface area is 442 Å². The Morgan fingerprint density at radius 3 is 1.39 bits per heavy atom. The minimum absolute atomic E-state index is 0.0231. The molecule has 2 amide bonds. The average molecular weight is 1050 g/mol. The van der Waals surface area contributed by atoms with E-state index in [-0.39, 0.29) is 121 Å². The molecule has 0 spiro atoms. The maximum absolute atomic E-state index is 13.4. The summed E-state index contributed by atoms with van der Waals surface area (Å²) in [5.41, 5.74) is -0.725. The number of non-ortho nitro benzene ring substituents is 2. The summed E-state index contributed by atoms with van der Waals surface area (Å²) < 4.78 is 36.5. The van der Waals surface area contributed by atoms with Crippen molar-refractivity contribution in [3.63, 3.8) is 0 Å². The van der Waals surface area contributed by atoms with Crippen LogP contribution >= 0.6 is 0 Å². The largest absolute Gasteiger partial charge is 0.519 e. The first kappa shape index (κ1) is 53.6. The molecule has 21 nitrogen and oxygen atoms in total. The second kappa shape index (κ2) is 22.6. The number of benzene rings is 2. The lowest BCUT2D eigenvalue weighted by Crippen LogP contribution is -2.66. The first-order valence-corrected chi connectivity index (χ1v) is 27.4. The number of nitrogens with one attached hydrogen (secondary N) is 2. The number of carbonyl (C=O) groups excluding carboxylic acids is 3. The molecule has 12 rings (SSSR count). The van der Waals surface area contributed by atoms with E-state index in [0.29, 0.717) is 61.1 Å². The summed E-state index contributed by atoms with van der Waals surface area (Å²) in [7, 11) is 0. The first-order valence-electron chi connectivity index (χ1n) is 27.4. The maximum Gasteiger partial charge on any atom is 0.519 e. The third-order valence-electron chi connectivity index (χ3n) is 17.9. The summed E-state index contributed by atoms with van der Waals surface area (Å²) in [6.45, 7) is 3.17. The van der Waals surface area contributed by atoms with Gasteiger partial charge in [-0.05, 0) is 151 Å². The quantitative estimate of drug-likeness (QED) is 0.0367. The van der Waals surface area contributed by atoms with Crippen LogP contribution in [0.25, 0.3) is 0 Å². The normalized spacial score (nSPS) is 31.6. The van der Waals surface area contributed by atoms with E-state index < -0.39 is 16.0 Å². The second-order valence-electron chi connectivity index (χ2n) is 23.3. The van der Waals surface area contributed by atoms with E-state index in [1.54, 1.807) is 9.80 Å². The molecule has 0 radical (unpaired) electrons. The summed E-state index contributed by atoms with van der Waals surface area (Å²) >= 11 is 0. The van der Waals surface area contributed by atoms with Crippen molar-refractivity contribution in [2.45, 2.75) is 150 Å². The van der Waals surface area contributed by atoms with E-state index in [1.807, 2.05) is 0 Å². The number of nitrogens with zero attached hydrogens (tertiary/aromatic N) is 6. The fourth-order valence-electron chi connectivity index (χ4n) is 15.6. The van der Waals surface area contributed by atoms with Crippen LogP contribution in [-0.2, 0) is 41.4 Å². The van der Waals surface area contributed by atoms with Crippen LogP contribution in [0, 0.1) is 66.6 Å². The number of hydrogen-bond acceptors (Lipinski definition) is 17. The van der Waals surface area contributed by atoms with E-state index in [9.17, 15) is 45.1 Å². The van der Waals surface area contributed by atoms with Crippen LogP contribution in [0.3, 0.4) is 0 Å². The fraction of sp³-hybridized carbons (Fsp3) is 0.691. The minimum Gasteiger partial charge on any atom is -0.394 e. The molecule has 2 heterocycles. The molecule has 2 aromatic carbocycles. The summed E-state index contributed by atoms with van der Waals surface area (Å²) in [6, 6.07) is 11.6. The topological polar surface area (TPSA) is 271 Å². The fourth-order valence-corrected chi connectivity index (χ4v) is 15.6.